The summed E-state index contributed by atoms with van der Waals surface area (Å²) >= 11 is 0. The molecule has 1 aromatic rings. The standard InChI is InChI=1S/C15H22O4/c1-5-13(12-10-8-7-9-11-12)14(16)17-19-18-15(3,4)6-2/h7-11,13H,5-6H2,1-4H3. The van der Waals surface area contributed by atoms with Crippen molar-refractivity contribution in [2.24, 2.45) is 0 Å². The van der Waals surface area contributed by atoms with Crippen LogP contribution in [0.4, 0.5) is 0 Å². The van der Waals surface area contributed by atoms with Crippen LogP contribution < -0.4 is 0 Å². The molecule has 0 fully saturated rings. The van der Waals surface area contributed by atoms with Gasteiger partial charge in [0.1, 0.15) is 5.60 Å². The van der Waals surface area contributed by atoms with E-state index in [4.69, 9.17) is 9.78 Å². The van der Waals surface area contributed by atoms with Gasteiger partial charge in [-0.25, -0.2) is 4.79 Å². The van der Waals surface area contributed by atoms with E-state index < -0.39 is 11.6 Å². The Labute approximate surface area is 114 Å². The molecule has 0 aliphatic carbocycles. The molecule has 0 aliphatic rings. The second-order valence-electron chi connectivity index (χ2n) is 5.04. The average Bonchev–Trinajstić information content (AvgIpc) is 2.40. The Morgan fingerprint density at radius 1 is 1.21 bits per heavy atom. The molecule has 0 N–H and O–H groups in total. The van der Waals surface area contributed by atoms with Crippen molar-refractivity contribution in [3.63, 3.8) is 0 Å². The van der Waals surface area contributed by atoms with Gasteiger partial charge in [-0.15, -0.1) is 0 Å². The highest BCUT2D eigenvalue weighted by Crippen LogP contribution is 2.21. The Kier molecular flexibility index (Phi) is 5.99. The Balaban J connectivity index is 2.52. The minimum Gasteiger partial charge on any atom is -0.268 e. The number of hydrogen-bond donors (Lipinski definition) is 0. The molecule has 0 aromatic heterocycles. The zero-order valence-electron chi connectivity index (χ0n) is 12.0. The maximum Gasteiger partial charge on any atom is 0.353 e. The highest BCUT2D eigenvalue weighted by molar-refractivity contribution is 5.77. The lowest BCUT2D eigenvalue weighted by atomic mass is 9.97. The number of carbonyl (C=O) groups is 1. The third-order valence-electron chi connectivity index (χ3n) is 3.12. The van der Waals surface area contributed by atoms with Crippen molar-refractivity contribution in [2.75, 3.05) is 0 Å². The molecule has 0 spiro atoms. The summed E-state index contributed by atoms with van der Waals surface area (Å²) in [6.07, 6.45) is 1.39. The summed E-state index contributed by atoms with van der Waals surface area (Å²) in [5, 5.41) is 4.61. The molecule has 1 unspecified atom stereocenters. The van der Waals surface area contributed by atoms with E-state index in [1.165, 1.54) is 0 Å². The first-order valence-corrected chi connectivity index (χ1v) is 6.61. The topological polar surface area (TPSA) is 44.8 Å². The fourth-order valence-corrected chi connectivity index (χ4v) is 1.48. The van der Waals surface area contributed by atoms with E-state index in [2.05, 4.69) is 5.04 Å². The molecule has 19 heavy (non-hydrogen) atoms. The summed E-state index contributed by atoms with van der Waals surface area (Å²) < 4.78 is 0. The van der Waals surface area contributed by atoms with E-state index in [9.17, 15) is 4.79 Å². The third kappa shape index (κ3) is 5.01. The van der Waals surface area contributed by atoms with Crippen LogP contribution in [0, 0.1) is 0 Å². The second-order valence-corrected chi connectivity index (χ2v) is 5.04. The van der Waals surface area contributed by atoms with Gasteiger partial charge in [-0.1, -0.05) is 44.2 Å². The normalized spacial score (nSPS) is 13.1. The average molecular weight is 266 g/mol. The van der Waals surface area contributed by atoms with E-state index >= 15 is 0 Å². The molecule has 0 saturated carbocycles. The van der Waals surface area contributed by atoms with Crippen LogP contribution in [0.1, 0.15) is 52.0 Å². The largest absolute Gasteiger partial charge is 0.353 e. The first-order valence-electron chi connectivity index (χ1n) is 6.61. The van der Waals surface area contributed by atoms with Gasteiger partial charge in [0.2, 0.25) is 0 Å². The Bertz CT molecular complexity index is 386. The van der Waals surface area contributed by atoms with E-state index in [0.29, 0.717) is 6.42 Å². The third-order valence-corrected chi connectivity index (χ3v) is 3.12. The fraction of sp³-hybridized carbons (Fsp3) is 0.533. The Hall–Kier alpha value is -1.39. The number of hydrogen-bond acceptors (Lipinski definition) is 4. The molecule has 1 atom stereocenters. The van der Waals surface area contributed by atoms with Gasteiger partial charge in [-0.2, -0.15) is 4.89 Å². The minimum absolute atomic E-state index is 0.338. The van der Waals surface area contributed by atoms with Gasteiger partial charge in [-0.3, -0.25) is 4.89 Å². The molecular formula is C15H22O4. The van der Waals surface area contributed by atoms with Crippen LogP contribution >= 0.6 is 0 Å². The highest BCUT2D eigenvalue weighted by Gasteiger charge is 2.23. The summed E-state index contributed by atoms with van der Waals surface area (Å²) in [6, 6.07) is 9.48. The lowest BCUT2D eigenvalue weighted by Gasteiger charge is -2.20. The molecule has 0 bridgehead atoms. The van der Waals surface area contributed by atoms with E-state index in [1.807, 2.05) is 58.0 Å². The van der Waals surface area contributed by atoms with Crippen LogP contribution in [0.3, 0.4) is 0 Å². The first-order chi connectivity index (χ1) is 9.00. The van der Waals surface area contributed by atoms with E-state index in [-0.39, 0.29) is 5.92 Å². The molecular weight excluding hydrogens is 244 g/mol. The second kappa shape index (κ2) is 7.26. The molecule has 1 aromatic carbocycles. The van der Waals surface area contributed by atoms with Gasteiger partial charge in [0.25, 0.3) is 0 Å². The maximum absolute atomic E-state index is 11.9. The van der Waals surface area contributed by atoms with Gasteiger partial charge in [-0.05, 0) is 37.3 Å². The zero-order chi connectivity index (χ0) is 14.3. The van der Waals surface area contributed by atoms with Gasteiger partial charge in [0.15, 0.2) is 0 Å². The summed E-state index contributed by atoms with van der Waals surface area (Å²) in [7, 11) is 0. The van der Waals surface area contributed by atoms with Crippen molar-refractivity contribution >= 4 is 5.97 Å². The van der Waals surface area contributed by atoms with Gasteiger partial charge >= 0.3 is 5.97 Å². The predicted molar refractivity (Wildman–Crippen MR) is 72.1 cm³/mol. The number of benzene rings is 1. The van der Waals surface area contributed by atoms with Crippen molar-refractivity contribution in [1.29, 1.82) is 0 Å². The van der Waals surface area contributed by atoms with Crippen molar-refractivity contribution in [3.8, 4) is 0 Å². The van der Waals surface area contributed by atoms with Gasteiger partial charge in [0.05, 0.1) is 5.92 Å². The van der Waals surface area contributed by atoms with Gasteiger partial charge in [0, 0.05) is 0 Å². The molecule has 106 valence electrons. The monoisotopic (exact) mass is 266 g/mol. The van der Waals surface area contributed by atoms with E-state index in [0.717, 1.165) is 12.0 Å². The zero-order valence-corrected chi connectivity index (χ0v) is 12.0. The number of carbonyl (C=O) groups excluding carboxylic acids is 1. The molecule has 0 radical (unpaired) electrons. The van der Waals surface area contributed by atoms with Crippen molar-refractivity contribution in [1.82, 2.24) is 0 Å². The van der Waals surface area contributed by atoms with Crippen molar-refractivity contribution in [2.45, 2.75) is 52.1 Å². The summed E-state index contributed by atoms with van der Waals surface area (Å²) in [5.41, 5.74) is 0.433. The lowest BCUT2D eigenvalue weighted by molar-refractivity contribution is -0.517. The first kappa shape index (κ1) is 15.7. The molecule has 0 aliphatic heterocycles. The number of rotatable bonds is 7. The molecule has 0 saturated heterocycles. The highest BCUT2D eigenvalue weighted by atomic mass is 17.5. The van der Waals surface area contributed by atoms with E-state index in [1.54, 1.807) is 0 Å². The van der Waals surface area contributed by atoms with Crippen molar-refractivity contribution < 1.29 is 19.6 Å². The Morgan fingerprint density at radius 3 is 2.37 bits per heavy atom. The summed E-state index contributed by atoms with van der Waals surface area (Å²) in [6.45, 7) is 7.60. The summed E-state index contributed by atoms with van der Waals surface area (Å²) in [4.78, 5) is 21.7. The fourth-order valence-electron chi connectivity index (χ4n) is 1.48. The SMILES string of the molecule is CCC(C(=O)OOOC(C)(C)CC)c1ccccc1. The van der Waals surface area contributed by atoms with Crippen molar-refractivity contribution in [3.05, 3.63) is 35.9 Å². The minimum atomic E-state index is -0.477. The van der Waals surface area contributed by atoms with Crippen LogP contribution in [-0.4, -0.2) is 11.6 Å². The summed E-state index contributed by atoms with van der Waals surface area (Å²) in [5.74, 6) is -0.782. The maximum atomic E-state index is 11.9. The molecule has 1 rings (SSSR count). The van der Waals surface area contributed by atoms with Crippen LogP contribution in [-0.2, 0) is 19.6 Å². The van der Waals surface area contributed by atoms with Crippen LogP contribution in [0.2, 0.25) is 0 Å². The van der Waals surface area contributed by atoms with Crippen LogP contribution in [0.15, 0.2) is 30.3 Å². The molecule has 4 heteroatoms. The van der Waals surface area contributed by atoms with Crippen LogP contribution in [0.25, 0.3) is 0 Å². The van der Waals surface area contributed by atoms with Crippen LogP contribution in [0.5, 0.6) is 0 Å². The Morgan fingerprint density at radius 2 is 1.84 bits per heavy atom. The lowest BCUT2D eigenvalue weighted by Crippen LogP contribution is -2.25. The molecule has 0 amide bonds. The predicted octanol–water partition coefficient (Wildman–Crippen LogP) is 3.78. The smallest absolute Gasteiger partial charge is 0.268 e. The molecule has 0 heterocycles. The quantitative estimate of drug-likeness (QED) is 0.556. The molecule has 4 nitrogen and oxygen atoms in total. The van der Waals surface area contributed by atoms with Gasteiger partial charge < -0.3 is 0 Å².